The summed E-state index contributed by atoms with van der Waals surface area (Å²) >= 11 is 8.86. The second kappa shape index (κ2) is 10.1. The number of amides is 2. The zero-order valence-electron chi connectivity index (χ0n) is 19.7. The van der Waals surface area contributed by atoms with Crippen molar-refractivity contribution < 1.29 is 14.0 Å². The Morgan fingerprint density at radius 3 is 2.86 bits per heavy atom. The number of carbonyl (C=O) groups is 2. The number of thioether (sulfide) groups is 1. The highest BCUT2D eigenvalue weighted by Crippen LogP contribution is 2.34. The molecule has 4 heterocycles. The van der Waals surface area contributed by atoms with Crippen LogP contribution in [0.3, 0.4) is 0 Å². The van der Waals surface area contributed by atoms with Gasteiger partial charge in [-0.15, -0.1) is 11.3 Å². The van der Waals surface area contributed by atoms with E-state index in [0.29, 0.717) is 51.4 Å². The summed E-state index contributed by atoms with van der Waals surface area (Å²) in [4.78, 5) is 46.5. The highest BCUT2D eigenvalue weighted by molar-refractivity contribution is 7.99. The number of fused-ring (bicyclic) bond motifs is 3. The largest absolute Gasteiger partial charge is 0.467 e. The molecule has 1 aromatic carbocycles. The minimum atomic E-state index is -0.257. The van der Waals surface area contributed by atoms with Crippen molar-refractivity contribution in [3.05, 3.63) is 73.7 Å². The van der Waals surface area contributed by atoms with Crippen molar-refractivity contribution >= 4 is 62.4 Å². The van der Waals surface area contributed by atoms with Crippen LogP contribution in [0, 0.1) is 6.92 Å². The summed E-state index contributed by atoms with van der Waals surface area (Å²) in [6.07, 6.45) is 2.17. The summed E-state index contributed by atoms with van der Waals surface area (Å²) in [6, 6.07) is 8.98. The molecule has 0 bridgehead atoms. The molecule has 0 aliphatic carbocycles. The smallest absolute Gasteiger partial charge is 0.263 e. The van der Waals surface area contributed by atoms with Gasteiger partial charge < -0.3 is 14.6 Å². The van der Waals surface area contributed by atoms with Crippen LogP contribution in [0.15, 0.2) is 51.0 Å². The van der Waals surface area contributed by atoms with E-state index in [1.165, 1.54) is 23.1 Å². The zero-order valence-corrected chi connectivity index (χ0v) is 22.1. The number of furan rings is 1. The van der Waals surface area contributed by atoms with Crippen LogP contribution in [-0.2, 0) is 29.1 Å². The Labute approximate surface area is 220 Å². The number of carbonyl (C=O) groups excluding carboxylic acids is 2. The molecule has 0 unspecified atom stereocenters. The standard InChI is InChI=1S/C25H23ClN4O4S2/c1-14-5-6-19(18(26)10-14)27-21(32)13-35-25-28-23-22(24(33)30(25)11-16-4-3-9-34-16)17-7-8-29(15(2)31)12-20(17)36-23/h3-6,9-10H,7-8,11-13H2,1-2H3,(H,27,32). The molecule has 0 saturated heterocycles. The van der Waals surface area contributed by atoms with Crippen LogP contribution in [0.2, 0.25) is 5.02 Å². The van der Waals surface area contributed by atoms with E-state index < -0.39 is 0 Å². The lowest BCUT2D eigenvalue weighted by Gasteiger charge is -2.25. The molecule has 4 aromatic rings. The average molecular weight is 543 g/mol. The third kappa shape index (κ3) is 4.93. The van der Waals surface area contributed by atoms with E-state index in [9.17, 15) is 14.4 Å². The number of thiophene rings is 1. The van der Waals surface area contributed by atoms with Gasteiger partial charge in [-0.05, 0) is 48.7 Å². The molecule has 0 fully saturated rings. The molecule has 2 amide bonds. The van der Waals surface area contributed by atoms with Gasteiger partial charge in [0.05, 0.1) is 41.2 Å². The maximum absolute atomic E-state index is 13.7. The molecular weight excluding hydrogens is 520 g/mol. The second-order valence-electron chi connectivity index (χ2n) is 8.56. The summed E-state index contributed by atoms with van der Waals surface area (Å²) in [5, 5.41) is 4.30. The lowest BCUT2D eigenvalue weighted by Crippen LogP contribution is -2.34. The summed E-state index contributed by atoms with van der Waals surface area (Å²) in [7, 11) is 0. The van der Waals surface area contributed by atoms with Crippen molar-refractivity contribution in [3.63, 3.8) is 0 Å². The van der Waals surface area contributed by atoms with E-state index in [1.807, 2.05) is 13.0 Å². The SMILES string of the molecule is CC(=O)N1CCc2c(sc3nc(SCC(=O)Nc4ccc(C)cc4Cl)n(Cc4ccco4)c(=O)c23)C1. The van der Waals surface area contributed by atoms with Crippen LogP contribution >= 0.6 is 34.7 Å². The first-order valence-electron chi connectivity index (χ1n) is 11.3. The number of hydrogen-bond donors (Lipinski definition) is 1. The highest BCUT2D eigenvalue weighted by atomic mass is 35.5. The molecular formula is C25H23ClN4O4S2. The van der Waals surface area contributed by atoms with Crippen LogP contribution < -0.4 is 10.9 Å². The number of benzene rings is 1. The van der Waals surface area contributed by atoms with Crippen LogP contribution in [-0.4, -0.2) is 38.6 Å². The van der Waals surface area contributed by atoms with Crippen molar-refractivity contribution in [1.29, 1.82) is 0 Å². The van der Waals surface area contributed by atoms with Crippen LogP contribution in [0.4, 0.5) is 5.69 Å². The van der Waals surface area contributed by atoms with E-state index in [-0.39, 0.29) is 29.7 Å². The molecule has 11 heteroatoms. The minimum absolute atomic E-state index is 0.0113. The van der Waals surface area contributed by atoms with Gasteiger partial charge >= 0.3 is 0 Å². The first-order chi connectivity index (χ1) is 17.3. The van der Waals surface area contributed by atoms with Crippen molar-refractivity contribution in [2.24, 2.45) is 0 Å². The van der Waals surface area contributed by atoms with Gasteiger partial charge in [-0.1, -0.05) is 29.4 Å². The van der Waals surface area contributed by atoms with Crippen molar-refractivity contribution in [3.8, 4) is 0 Å². The fraction of sp³-hybridized carbons (Fsp3) is 0.280. The first-order valence-corrected chi connectivity index (χ1v) is 13.5. The van der Waals surface area contributed by atoms with Crippen LogP contribution in [0.1, 0.15) is 28.7 Å². The number of halogens is 1. The Hall–Kier alpha value is -3.08. The second-order valence-corrected chi connectivity index (χ2v) is 11.0. The summed E-state index contributed by atoms with van der Waals surface area (Å²) in [5.41, 5.74) is 2.32. The normalized spacial score (nSPS) is 13.1. The van der Waals surface area contributed by atoms with Gasteiger partial charge in [-0.2, -0.15) is 0 Å². The van der Waals surface area contributed by atoms with Crippen LogP contribution in [0.5, 0.6) is 0 Å². The predicted molar refractivity (Wildman–Crippen MR) is 142 cm³/mol. The fourth-order valence-electron chi connectivity index (χ4n) is 4.17. The maximum Gasteiger partial charge on any atom is 0.263 e. The van der Waals surface area contributed by atoms with E-state index in [0.717, 1.165) is 16.0 Å². The molecule has 186 valence electrons. The summed E-state index contributed by atoms with van der Waals surface area (Å²) in [5.74, 6) is 0.413. The lowest BCUT2D eigenvalue weighted by molar-refractivity contribution is -0.129. The van der Waals surface area contributed by atoms with Crippen molar-refractivity contribution in [1.82, 2.24) is 14.5 Å². The number of nitrogens with zero attached hydrogens (tertiary/aromatic N) is 3. The van der Waals surface area contributed by atoms with Crippen molar-refractivity contribution in [2.75, 3.05) is 17.6 Å². The van der Waals surface area contributed by atoms with Gasteiger partial charge in [0.1, 0.15) is 10.6 Å². The Balaban J connectivity index is 1.46. The third-order valence-electron chi connectivity index (χ3n) is 6.00. The fourth-order valence-corrected chi connectivity index (χ4v) is 6.53. The van der Waals surface area contributed by atoms with Crippen LogP contribution in [0.25, 0.3) is 10.2 Å². The van der Waals surface area contributed by atoms with E-state index in [2.05, 4.69) is 5.32 Å². The van der Waals surface area contributed by atoms with Gasteiger partial charge in [-0.3, -0.25) is 19.0 Å². The average Bonchev–Trinajstić information content (AvgIpc) is 3.48. The first kappa shape index (κ1) is 24.6. The monoisotopic (exact) mass is 542 g/mol. The van der Waals surface area contributed by atoms with Gasteiger partial charge in [0, 0.05) is 18.3 Å². The Morgan fingerprint density at radius 1 is 1.31 bits per heavy atom. The van der Waals surface area contributed by atoms with Gasteiger partial charge in [0.15, 0.2) is 5.16 Å². The van der Waals surface area contributed by atoms with Gasteiger partial charge in [0.25, 0.3) is 5.56 Å². The van der Waals surface area contributed by atoms with E-state index in [4.69, 9.17) is 21.0 Å². The van der Waals surface area contributed by atoms with Gasteiger partial charge in [-0.25, -0.2) is 4.98 Å². The number of nitrogens with one attached hydrogen (secondary N) is 1. The third-order valence-corrected chi connectivity index (χ3v) is 8.40. The molecule has 1 N–H and O–H groups in total. The molecule has 0 spiro atoms. The summed E-state index contributed by atoms with van der Waals surface area (Å²) in [6.45, 7) is 4.73. The number of rotatable bonds is 6. The Morgan fingerprint density at radius 2 is 2.14 bits per heavy atom. The molecule has 36 heavy (non-hydrogen) atoms. The Kier molecular flexibility index (Phi) is 6.92. The number of anilines is 1. The Bertz CT molecular complexity index is 1530. The summed E-state index contributed by atoms with van der Waals surface area (Å²) < 4.78 is 7.05. The quantitative estimate of drug-likeness (QED) is 0.280. The lowest BCUT2D eigenvalue weighted by atomic mass is 10.1. The van der Waals surface area contributed by atoms with E-state index in [1.54, 1.807) is 46.9 Å². The molecule has 0 atom stereocenters. The van der Waals surface area contributed by atoms with E-state index >= 15 is 0 Å². The molecule has 5 rings (SSSR count). The minimum Gasteiger partial charge on any atom is -0.467 e. The molecule has 8 nitrogen and oxygen atoms in total. The topological polar surface area (TPSA) is 97.4 Å². The number of hydrogen-bond acceptors (Lipinski definition) is 7. The maximum atomic E-state index is 13.7. The van der Waals surface area contributed by atoms with Crippen molar-refractivity contribution in [2.45, 2.75) is 38.5 Å². The highest BCUT2D eigenvalue weighted by Gasteiger charge is 2.26. The van der Waals surface area contributed by atoms with Gasteiger partial charge in [0.2, 0.25) is 11.8 Å². The molecule has 0 radical (unpaired) electrons. The molecule has 3 aromatic heterocycles. The zero-order chi connectivity index (χ0) is 25.4. The number of aromatic nitrogens is 2. The molecule has 1 aliphatic rings. The molecule has 0 saturated carbocycles. The number of aryl methyl sites for hydroxylation is 1. The predicted octanol–water partition coefficient (Wildman–Crippen LogP) is 4.70. The molecule has 1 aliphatic heterocycles.